The Morgan fingerprint density at radius 3 is 3.14 bits per heavy atom. The Balaban J connectivity index is 2.20. The Bertz CT molecular complexity index is 317. The van der Waals surface area contributed by atoms with Crippen LogP contribution in [0.5, 0.6) is 0 Å². The van der Waals surface area contributed by atoms with Gasteiger partial charge in [0.15, 0.2) is 0 Å². The van der Waals surface area contributed by atoms with Gasteiger partial charge in [-0.3, -0.25) is 4.79 Å². The smallest absolute Gasteiger partial charge is 0.254 e. The highest BCUT2D eigenvalue weighted by molar-refractivity contribution is 6.01. The maximum atomic E-state index is 11.7. The van der Waals surface area contributed by atoms with E-state index in [0.717, 1.165) is 17.6 Å². The number of allylic oxidation sites excluding steroid dienone is 2. The highest BCUT2D eigenvalue weighted by atomic mass is 16.3. The molecule has 0 radical (unpaired) electrons. The van der Waals surface area contributed by atoms with Crippen molar-refractivity contribution >= 4 is 5.91 Å². The average molecular weight is 193 g/mol. The van der Waals surface area contributed by atoms with E-state index in [4.69, 9.17) is 5.11 Å². The van der Waals surface area contributed by atoms with Crippen molar-refractivity contribution in [1.29, 1.82) is 0 Å². The third-order valence-corrected chi connectivity index (χ3v) is 2.77. The van der Waals surface area contributed by atoms with Crippen LogP contribution >= 0.6 is 0 Å². The lowest BCUT2D eigenvalue weighted by Crippen LogP contribution is -2.28. The largest absolute Gasteiger partial charge is 0.395 e. The number of hydrogen-bond acceptors (Lipinski definition) is 2. The van der Waals surface area contributed by atoms with Crippen LogP contribution in [-0.2, 0) is 4.79 Å². The van der Waals surface area contributed by atoms with Gasteiger partial charge < -0.3 is 10.0 Å². The molecule has 1 atom stereocenters. The molecule has 3 nitrogen and oxygen atoms in total. The topological polar surface area (TPSA) is 40.5 Å². The third-order valence-electron chi connectivity index (χ3n) is 2.77. The first-order valence-electron chi connectivity index (χ1n) is 5.03. The summed E-state index contributed by atoms with van der Waals surface area (Å²) in [6, 6.07) is 0. The van der Waals surface area contributed by atoms with Gasteiger partial charge in [-0.15, -0.1) is 0 Å². The average Bonchev–Trinajstić information content (AvgIpc) is 2.44. The molecule has 1 fully saturated rings. The quantitative estimate of drug-likeness (QED) is 0.701. The van der Waals surface area contributed by atoms with Gasteiger partial charge in [-0.1, -0.05) is 19.1 Å². The van der Waals surface area contributed by atoms with Crippen LogP contribution in [0.4, 0.5) is 0 Å². The van der Waals surface area contributed by atoms with E-state index in [9.17, 15) is 4.79 Å². The lowest BCUT2D eigenvalue weighted by Gasteiger charge is -2.11. The molecule has 0 bridgehead atoms. The minimum Gasteiger partial charge on any atom is -0.395 e. The summed E-state index contributed by atoms with van der Waals surface area (Å²) < 4.78 is 0. The van der Waals surface area contributed by atoms with Crippen LogP contribution < -0.4 is 0 Å². The number of amides is 1. The van der Waals surface area contributed by atoms with Crippen molar-refractivity contribution in [3.8, 4) is 0 Å². The first-order chi connectivity index (χ1) is 6.72. The van der Waals surface area contributed by atoms with Gasteiger partial charge in [-0.25, -0.2) is 0 Å². The summed E-state index contributed by atoms with van der Waals surface area (Å²) in [4.78, 5) is 13.4. The molecule has 1 N–H and O–H groups in total. The molecule has 0 aromatic rings. The first kappa shape index (κ1) is 9.46. The summed E-state index contributed by atoms with van der Waals surface area (Å²) in [7, 11) is 0. The molecule has 1 aliphatic heterocycles. The van der Waals surface area contributed by atoms with Gasteiger partial charge in [0.05, 0.1) is 6.61 Å². The summed E-state index contributed by atoms with van der Waals surface area (Å²) in [5.41, 5.74) is 2.00. The molecule has 1 unspecified atom stereocenters. The zero-order chi connectivity index (χ0) is 10.1. The number of hydrogen-bond donors (Lipinski definition) is 1. The highest BCUT2D eigenvalue weighted by Crippen LogP contribution is 2.29. The van der Waals surface area contributed by atoms with E-state index in [1.54, 1.807) is 4.90 Å². The Morgan fingerprint density at radius 2 is 2.43 bits per heavy atom. The molecule has 1 saturated heterocycles. The van der Waals surface area contributed by atoms with E-state index in [1.807, 2.05) is 6.08 Å². The van der Waals surface area contributed by atoms with Gasteiger partial charge in [-0.05, 0) is 17.9 Å². The summed E-state index contributed by atoms with van der Waals surface area (Å²) in [5.74, 6) is 0.618. The molecular formula is C11H15NO2. The van der Waals surface area contributed by atoms with E-state index in [1.165, 1.54) is 0 Å². The summed E-state index contributed by atoms with van der Waals surface area (Å²) in [6.45, 7) is 3.32. The van der Waals surface area contributed by atoms with Crippen LogP contribution in [-0.4, -0.2) is 35.6 Å². The Kier molecular flexibility index (Phi) is 2.42. The lowest BCUT2D eigenvalue weighted by molar-refractivity contribution is -0.125. The second-order valence-electron chi connectivity index (χ2n) is 3.97. The normalized spacial score (nSPS) is 26.0. The first-order valence-corrected chi connectivity index (χ1v) is 5.03. The van der Waals surface area contributed by atoms with Gasteiger partial charge in [0.2, 0.25) is 0 Å². The monoisotopic (exact) mass is 193 g/mol. The van der Waals surface area contributed by atoms with E-state index < -0.39 is 0 Å². The summed E-state index contributed by atoms with van der Waals surface area (Å²) in [5, 5.41) is 8.80. The van der Waals surface area contributed by atoms with Gasteiger partial charge in [-0.2, -0.15) is 0 Å². The predicted molar refractivity (Wildman–Crippen MR) is 53.6 cm³/mol. The van der Waals surface area contributed by atoms with Crippen molar-refractivity contribution in [3.63, 3.8) is 0 Å². The maximum Gasteiger partial charge on any atom is 0.254 e. The molecule has 1 aliphatic carbocycles. The SMILES string of the molecule is CC1C=C2CN(CCO)C(=O)C2=CC1. The molecule has 1 heterocycles. The number of carbonyl (C=O) groups is 1. The summed E-state index contributed by atoms with van der Waals surface area (Å²) in [6.07, 6.45) is 5.15. The van der Waals surface area contributed by atoms with Gasteiger partial charge in [0, 0.05) is 18.7 Å². The number of aliphatic hydroxyl groups is 1. The fourth-order valence-corrected chi connectivity index (χ4v) is 2.05. The number of likely N-dealkylation sites (tertiary alicyclic amines) is 1. The van der Waals surface area contributed by atoms with Gasteiger partial charge in [0.1, 0.15) is 0 Å². The number of fused-ring (bicyclic) bond motifs is 1. The van der Waals surface area contributed by atoms with Crippen molar-refractivity contribution < 1.29 is 9.90 Å². The van der Waals surface area contributed by atoms with Crippen molar-refractivity contribution in [3.05, 3.63) is 23.3 Å². The van der Waals surface area contributed by atoms with Crippen LogP contribution in [0.3, 0.4) is 0 Å². The van der Waals surface area contributed by atoms with Crippen LogP contribution in [0.1, 0.15) is 13.3 Å². The van der Waals surface area contributed by atoms with E-state index in [-0.39, 0.29) is 12.5 Å². The maximum absolute atomic E-state index is 11.7. The molecule has 0 aromatic heterocycles. The molecule has 1 amide bonds. The zero-order valence-electron chi connectivity index (χ0n) is 8.36. The third kappa shape index (κ3) is 1.48. The molecule has 0 saturated carbocycles. The number of carbonyl (C=O) groups excluding carboxylic acids is 1. The van der Waals surface area contributed by atoms with Crippen LogP contribution in [0.25, 0.3) is 0 Å². The predicted octanol–water partition coefficient (Wildman–Crippen LogP) is 0.714. The van der Waals surface area contributed by atoms with E-state index >= 15 is 0 Å². The van der Waals surface area contributed by atoms with Crippen molar-refractivity contribution in [2.75, 3.05) is 19.7 Å². The van der Waals surface area contributed by atoms with Gasteiger partial charge >= 0.3 is 0 Å². The van der Waals surface area contributed by atoms with Crippen LogP contribution in [0, 0.1) is 5.92 Å². The second-order valence-corrected chi connectivity index (χ2v) is 3.97. The van der Waals surface area contributed by atoms with Gasteiger partial charge in [0.25, 0.3) is 5.91 Å². The van der Waals surface area contributed by atoms with Crippen molar-refractivity contribution in [2.45, 2.75) is 13.3 Å². The lowest BCUT2D eigenvalue weighted by atomic mass is 9.93. The number of nitrogens with zero attached hydrogens (tertiary/aromatic N) is 1. The highest BCUT2D eigenvalue weighted by Gasteiger charge is 2.31. The molecule has 0 spiro atoms. The molecule has 2 aliphatic rings. The Hall–Kier alpha value is -1.09. The zero-order valence-corrected chi connectivity index (χ0v) is 8.36. The summed E-state index contributed by atoms with van der Waals surface area (Å²) >= 11 is 0. The minimum atomic E-state index is 0.0435. The molecule has 0 aromatic carbocycles. The van der Waals surface area contributed by atoms with E-state index in [2.05, 4.69) is 13.0 Å². The fraction of sp³-hybridized carbons (Fsp3) is 0.545. The minimum absolute atomic E-state index is 0.0435. The molecular weight excluding hydrogens is 178 g/mol. The number of aliphatic hydroxyl groups excluding tert-OH is 1. The Labute approximate surface area is 83.7 Å². The van der Waals surface area contributed by atoms with Crippen LogP contribution in [0.15, 0.2) is 23.3 Å². The fourth-order valence-electron chi connectivity index (χ4n) is 2.05. The van der Waals surface area contributed by atoms with Crippen molar-refractivity contribution in [1.82, 2.24) is 4.90 Å². The standard InChI is InChI=1S/C11H15NO2/c1-8-2-3-10-9(6-8)7-12(4-5-13)11(10)14/h3,6,8,13H,2,4-5,7H2,1H3. The van der Waals surface area contributed by atoms with E-state index in [0.29, 0.717) is 19.0 Å². The van der Waals surface area contributed by atoms with Crippen LogP contribution in [0.2, 0.25) is 0 Å². The molecule has 14 heavy (non-hydrogen) atoms. The second kappa shape index (κ2) is 3.58. The molecule has 2 rings (SSSR count). The molecule has 76 valence electrons. The number of rotatable bonds is 2. The number of β-amino-alcohol motifs (C(OH)–C–C–N with tert-alkyl or cyclic N) is 1. The Morgan fingerprint density at radius 1 is 1.64 bits per heavy atom. The molecule has 3 heteroatoms. The van der Waals surface area contributed by atoms with Crippen molar-refractivity contribution in [2.24, 2.45) is 5.92 Å².